The first-order valence-electron chi connectivity index (χ1n) is 9.28. The van der Waals surface area contributed by atoms with E-state index in [9.17, 15) is 13.6 Å². The van der Waals surface area contributed by atoms with Gasteiger partial charge in [0.1, 0.15) is 12.2 Å². The Morgan fingerprint density at radius 1 is 1.28 bits per heavy atom. The Balaban J connectivity index is 1.69. The van der Waals surface area contributed by atoms with Gasteiger partial charge in [-0.1, -0.05) is 24.3 Å². The van der Waals surface area contributed by atoms with E-state index < -0.39 is 12.0 Å². The number of aromatic nitrogens is 1. The molecule has 1 amide bonds. The van der Waals surface area contributed by atoms with Crippen molar-refractivity contribution in [1.82, 2.24) is 9.88 Å². The number of hydrogen-bond donors (Lipinski definition) is 0. The number of carbonyl (C=O) groups excluding carboxylic acids is 1. The molecule has 1 aromatic carbocycles. The van der Waals surface area contributed by atoms with Crippen molar-refractivity contribution >= 4 is 28.7 Å². The van der Waals surface area contributed by atoms with Crippen LogP contribution in [-0.2, 0) is 24.3 Å². The topological polar surface area (TPSA) is 51.7 Å². The quantitative estimate of drug-likeness (QED) is 0.504. The summed E-state index contributed by atoms with van der Waals surface area (Å²) in [6, 6.07) is 8.05. The third-order valence-corrected chi connectivity index (χ3v) is 5.14. The molecule has 1 aliphatic heterocycles. The van der Waals surface area contributed by atoms with E-state index in [0.717, 1.165) is 20.4 Å². The lowest BCUT2D eigenvalue weighted by Gasteiger charge is -2.31. The minimum atomic E-state index is -2.49. The lowest BCUT2D eigenvalue weighted by molar-refractivity contribution is 0.0220. The average molecular weight is 516 g/mol. The van der Waals surface area contributed by atoms with E-state index in [4.69, 9.17) is 9.47 Å². The van der Waals surface area contributed by atoms with Gasteiger partial charge in [0.15, 0.2) is 0 Å². The average Bonchev–Trinajstić information content (AvgIpc) is 2.65. The van der Waals surface area contributed by atoms with Gasteiger partial charge < -0.3 is 14.4 Å². The van der Waals surface area contributed by atoms with Gasteiger partial charge in [-0.15, -0.1) is 0 Å². The van der Waals surface area contributed by atoms with Gasteiger partial charge in [0.25, 0.3) is 6.43 Å². The van der Waals surface area contributed by atoms with Crippen LogP contribution >= 0.6 is 22.6 Å². The molecule has 0 saturated carbocycles. The summed E-state index contributed by atoms with van der Waals surface area (Å²) >= 11 is 2.17. The predicted octanol–water partition coefficient (Wildman–Crippen LogP) is 5.50. The standard InChI is InChI=1S/C21H23F2IN2O3/c1-21(2,3)29-20(27)26-9-8-15-10-16(24)19(25-17(15)11-26)28-12-13-4-6-14(7-5-13)18(22)23/h4-7,10,18H,8-9,11-12H2,1-3H3. The first-order valence-corrected chi connectivity index (χ1v) is 10.4. The zero-order valence-corrected chi connectivity index (χ0v) is 18.7. The van der Waals surface area contributed by atoms with Crippen LogP contribution < -0.4 is 4.74 Å². The van der Waals surface area contributed by atoms with Crippen LogP contribution in [-0.4, -0.2) is 28.1 Å². The SMILES string of the molecule is CC(C)(C)OC(=O)N1CCc2cc(I)c(OCc3ccc(C(F)F)cc3)nc2C1. The Bertz CT molecular complexity index is 883. The van der Waals surface area contributed by atoms with Crippen LogP contribution in [0.1, 0.15) is 49.6 Å². The van der Waals surface area contributed by atoms with Crippen LogP contribution in [0.2, 0.25) is 0 Å². The highest BCUT2D eigenvalue weighted by Crippen LogP contribution is 2.27. The zero-order valence-electron chi connectivity index (χ0n) is 16.5. The van der Waals surface area contributed by atoms with Gasteiger partial charge in [0, 0.05) is 12.1 Å². The van der Waals surface area contributed by atoms with Crippen LogP contribution in [0.5, 0.6) is 5.88 Å². The molecule has 0 aliphatic carbocycles. The monoisotopic (exact) mass is 516 g/mol. The molecule has 0 atom stereocenters. The number of halogens is 3. The number of hydrogen-bond acceptors (Lipinski definition) is 4. The van der Waals surface area contributed by atoms with Crippen molar-refractivity contribution in [3.05, 3.63) is 56.3 Å². The van der Waals surface area contributed by atoms with E-state index in [1.165, 1.54) is 12.1 Å². The predicted molar refractivity (Wildman–Crippen MR) is 113 cm³/mol. The second-order valence-electron chi connectivity index (χ2n) is 7.86. The first-order chi connectivity index (χ1) is 13.6. The van der Waals surface area contributed by atoms with Crippen molar-refractivity contribution in [3.8, 4) is 5.88 Å². The molecule has 0 saturated heterocycles. The Labute approximate surface area is 182 Å². The lowest BCUT2D eigenvalue weighted by Crippen LogP contribution is -2.40. The molecule has 8 heteroatoms. The van der Waals surface area contributed by atoms with Gasteiger partial charge in [-0.05, 0) is 67.0 Å². The molecule has 2 aromatic rings. The number of fused-ring (bicyclic) bond motifs is 1. The van der Waals surface area contributed by atoms with Crippen LogP contribution in [0.25, 0.3) is 0 Å². The highest BCUT2D eigenvalue weighted by molar-refractivity contribution is 14.1. The molecule has 0 fully saturated rings. The fourth-order valence-corrected chi connectivity index (χ4v) is 3.56. The van der Waals surface area contributed by atoms with Crippen LogP contribution in [0.3, 0.4) is 0 Å². The summed E-state index contributed by atoms with van der Waals surface area (Å²) in [6.07, 6.45) is -2.14. The summed E-state index contributed by atoms with van der Waals surface area (Å²) in [5.41, 5.74) is 2.08. The molecule has 29 heavy (non-hydrogen) atoms. The molecule has 2 heterocycles. The summed E-state index contributed by atoms with van der Waals surface area (Å²) in [7, 11) is 0. The molecular weight excluding hydrogens is 493 g/mol. The number of nitrogens with zero attached hydrogens (tertiary/aromatic N) is 2. The first kappa shape index (κ1) is 21.7. The zero-order chi connectivity index (χ0) is 21.2. The normalized spacial score (nSPS) is 14.0. The Morgan fingerprint density at radius 3 is 2.59 bits per heavy atom. The van der Waals surface area contributed by atoms with E-state index in [2.05, 4.69) is 27.6 Å². The van der Waals surface area contributed by atoms with E-state index in [1.807, 2.05) is 26.8 Å². The molecule has 0 bridgehead atoms. The summed E-state index contributed by atoms with van der Waals surface area (Å²) in [5, 5.41) is 0. The van der Waals surface area contributed by atoms with Crippen molar-refractivity contribution < 1.29 is 23.0 Å². The van der Waals surface area contributed by atoms with E-state index in [1.54, 1.807) is 17.0 Å². The number of pyridine rings is 1. The van der Waals surface area contributed by atoms with E-state index in [0.29, 0.717) is 25.4 Å². The van der Waals surface area contributed by atoms with Crippen molar-refractivity contribution in [2.75, 3.05) is 6.54 Å². The fraction of sp³-hybridized carbons (Fsp3) is 0.429. The summed E-state index contributed by atoms with van der Waals surface area (Å²) in [6.45, 7) is 6.67. The van der Waals surface area contributed by atoms with Gasteiger partial charge in [-0.25, -0.2) is 18.6 Å². The van der Waals surface area contributed by atoms with E-state index in [-0.39, 0.29) is 18.3 Å². The Morgan fingerprint density at radius 2 is 1.97 bits per heavy atom. The second-order valence-corrected chi connectivity index (χ2v) is 9.03. The van der Waals surface area contributed by atoms with Crippen molar-refractivity contribution in [2.24, 2.45) is 0 Å². The summed E-state index contributed by atoms with van der Waals surface area (Å²) < 4.78 is 37.5. The molecule has 0 unspecified atom stereocenters. The van der Waals surface area contributed by atoms with Crippen LogP contribution in [0, 0.1) is 3.57 Å². The van der Waals surface area contributed by atoms with Crippen molar-refractivity contribution in [3.63, 3.8) is 0 Å². The smallest absolute Gasteiger partial charge is 0.410 e. The van der Waals surface area contributed by atoms with Gasteiger partial charge >= 0.3 is 6.09 Å². The molecule has 3 rings (SSSR count). The number of alkyl halides is 2. The number of benzene rings is 1. The highest BCUT2D eigenvalue weighted by atomic mass is 127. The Kier molecular flexibility index (Phi) is 6.60. The molecule has 5 nitrogen and oxygen atoms in total. The largest absolute Gasteiger partial charge is 0.472 e. The summed E-state index contributed by atoms with van der Waals surface area (Å²) in [4.78, 5) is 18.6. The molecule has 1 aliphatic rings. The van der Waals surface area contributed by atoms with Crippen LogP contribution in [0.15, 0.2) is 30.3 Å². The minimum Gasteiger partial charge on any atom is -0.472 e. The maximum atomic E-state index is 12.7. The van der Waals surface area contributed by atoms with Crippen molar-refractivity contribution in [1.29, 1.82) is 0 Å². The Hall–Kier alpha value is -1.97. The lowest BCUT2D eigenvalue weighted by atomic mass is 10.1. The molecular formula is C21H23F2IN2O3. The molecule has 0 N–H and O–H groups in total. The number of carbonyl (C=O) groups is 1. The number of amides is 1. The second kappa shape index (κ2) is 8.81. The molecule has 0 radical (unpaired) electrons. The molecule has 1 aromatic heterocycles. The van der Waals surface area contributed by atoms with Crippen LogP contribution in [0.4, 0.5) is 13.6 Å². The van der Waals surface area contributed by atoms with Gasteiger partial charge in [0.05, 0.1) is 15.8 Å². The maximum absolute atomic E-state index is 12.7. The minimum absolute atomic E-state index is 0.0162. The highest BCUT2D eigenvalue weighted by Gasteiger charge is 2.27. The maximum Gasteiger partial charge on any atom is 0.410 e. The third-order valence-electron chi connectivity index (χ3n) is 4.36. The van der Waals surface area contributed by atoms with Gasteiger partial charge in [0.2, 0.25) is 5.88 Å². The summed E-state index contributed by atoms with van der Waals surface area (Å²) in [5.74, 6) is 0.466. The molecule has 0 spiro atoms. The van der Waals surface area contributed by atoms with Crippen molar-refractivity contribution in [2.45, 2.75) is 52.4 Å². The number of rotatable bonds is 4. The molecule has 156 valence electrons. The van der Waals surface area contributed by atoms with E-state index >= 15 is 0 Å². The number of ether oxygens (including phenoxy) is 2. The third kappa shape index (κ3) is 5.77. The van der Waals surface area contributed by atoms with Gasteiger partial charge in [-0.3, -0.25) is 0 Å². The fourth-order valence-electron chi connectivity index (χ4n) is 2.91. The van der Waals surface area contributed by atoms with Gasteiger partial charge in [-0.2, -0.15) is 0 Å².